The summed E-state index contributed by atoms with van der Waals surface area (Å²) in [4.78, 5) is 11.7. The number of fused-ring (bicyclic) bond motifs is 1. The molecule has 2 rings (SSSR count). The normalized spacial score (nSPS) is 10.0. The van der Waals surface area contributed by atoms with Crippen LogP contribution >= 0.6 is 0 Å². The number of hydrogen-bond acceptors (Lipinski definition) is 3. The van der Waals surface area contributed by atoms with Crippen LogP contribution in [-0.4, -0.2) is 15.0 Å². The molecule has 0 N–H and O–H groups in total. The Balaban J connectivity index is 2.89. The molecular formula is C7H4N3. The van der Waals surface area contributed by atoms with Gasteiger partial charge in [-0.3, -0.25) is 4.98 Å². The topological polar surface area (TPSA) is 38.7 Å². The molecule has 0 saturated carbocycles. The van der Waals surface area contributed by atoms with Crippen molar-refractivity contribution < 1.29 is 0 Å². The first kappa shape index (κ1) is 5.29. The molecule has 2 aromatic rings. The molecule has 0 fully saturated rings. The van der Waals surface area contributed by atoms with Crippen LogP contribution in [0.15, 0.2) is 24.7 Å². The second-order valence-corrected chi connectivity index (χ2v) is 1.86. The van der Waals surface area contributed by atoms with Crippen molar-refractivity contribution in [3.63, 3.8) is 0 Å². The van der Waals surface area contributed by atoms with E-state index in [1.54, 1.807) is 6.20 Å². The summed E-state index contributed by atoms with van der Waals surface area (Å²) >= 11 is 0. The minimum atomic E-state index is 0.713. The predicted molar refractivity (Wildman–Crippen MR) is 36.2 cm³/mol. The summed E-state index contributed by atoms with van der Waals surface area (Å²) in [5, 5.41) is 0. The monoisotopic (exact) mass is 130 g/mol. The zero-order valence-electron chi connectivity index (χ0n) is 5.15. The van der Waals surface area contributed by atoms with Crippen molar-refractivity contribution in [1.29, 1.82) is 0 Å². The van der Waals surface area contributed by atoms with Gasteiger partial charge >= 0.3 is 0 Å². The zero-order valence-corrected chi connectivity index (χ0v) is 5.15. The highest BCUT2D eigenvalue weighted by atomic mass is 14.8. The van der Waals surface area contributed by atoms with Crippen LogP contribution < -0.4 is 0 Å². The first-order valence-corrected chi connectivity index (χ1v) is 2.90. The number of pyridine rings is 1. The first-order chi connectivity index (χ1) is 4.97. The third-order valence-electron chi connectivity index (χ3n) is 1.21. The van der Waals surface area contributed by atoms with Crippen LogP contribution in [0.25, 0.3) is 11.0 Å². The van der Waals surface area contributed by atoms with Crippen LogP contribution in [0.1, 0.15) is 0 Å². The molecule has 0 bridgehead atoms. The van der Waals surface area contributed by atoms with Crippen LogP contribution in [0.4, 0.5) is 0 Å². The highest BCUT2D eigenvalue weighted by molar-refractivity contribution is 5.71. The Bertz CT molecular complexity index is 280. The molecule has 3 heteroatoms. The van der Waals surface area contributed by atoms with E-state index in [-0.39, 0.29) is 0 Å². The lowest BCUT2D eigenvalue weighted by molar-refractivity contribution is 1.19. The fourth-order valence-electron chi connectivity index (χ4n) is 0.768. The average molecular weight is 130 g/mol. The van der Waals surface area contributed by atoms with Crippen LogP contribution in [0, 0.1) is 6.20 Å². The van der Waals surface area contributed by atoms with Crippen LogP contribution in [0.2, 0.25) is 0 Å². The van der Waals surface area contributed by atoms with Gasteiger partial charge in [-0.1, -0.05) is 0 Å². The summed E-state index contributed by atoms with van der Waals surface area (Å²) in [6.07, 6.45) is 5.89. The highest BCUT2D eigenvalue weighted by Gasteiger charge is 1.90. The van der Waals surface area contributed by atoms with E-state index >= 15 is 0 Å². The van der Waals surface area contributed by atoms with Crippen LogP contribution in [-0.2, 0) is 0 Å². The third-order valence-corrected chi connectivity index (χ3v) is 1.21. The molecule has 0 amide bonds. The molecule has 0 aliphatic carbocycles. The van der Waals surface area contributed by atoms with Gasteiger partial charge in [-0.2, -0.15) is 0 Å². The molecular weight excluding hydrogens is 126 g/mol. The standard InChI is InChI=1S/C7H4N3/c1-2-6-7(9-3-1)4-8-5-10-6/h1-3,5H. The Labute approximate surface area is 57.8 Å². The molecule has 0 aliphatic rings. The fourth-order valence-corrected chi connectivity index (χ4v) is 0.768. The fraction of sp³-hybridized carbons (Fsp3) is 0. The molecule has 0 aliphatic heterocycles. The third kappa shape index (κ3) is 0.719. The van der Waals surface area contributed by atoms with Crippen LogP contribution in [0.3, 0.4) is 0 Å². The number of hydrogen-bond donors (Lipinski definition) is 0. The van der Waals surface area contributed by atoms with Gasteiger partial charge in [-0.25, -0.2) is 9.97 Å². The van der Waals surface area contributed by atoms with E-state index in [9.17, 15) is 0 Å². The molecule has 0 atom stereocenters. The molecule has 0 saturated heterocycles. The highest BCUT2D eigenvalue weighted by Crippen LogP contribution is 2.01. The smallest absolute Gasteiger partial charge is 0.121 e. The summed E-state index contributed by atoms with van der Waals surface area (Å²) in [6, 6.07) is 3.71. The van der Waals surface area contributed by atoms with Gasteiger partial charge in [0.25, 0.3) is 0 Å². The van der Waals surface area contributed by atoms with E-state index in [4.69, 9.17) is 0 Å². The second kappa shape index (κ2) is 2.02. The quantitative estimate of drug-likeness (QED) is 0.530. The maximum absolute atomic E-state index is 4.00. The molecule has 2 heterocycles. The molecule has 47 valence electrons. The number of aromatic nitrogens is 3. The maximum atomic E-state index is 4.00. The number of rotatable bonds is 0. The SMILES string of the molecule is [c]1ncnc2cccnc12. The minimum Gasteiger partial charge on any atom is -0.252 e. The lowest BCUT2D eigenvalue weighted by atomic mass is 10.4. The first-order valence-electron chi connectivity index (χ1n) is 2.90. The van der Waals surface area contributed by atoms with E-state index in [2.05, 4.69) is 21.1 Å². The summed E-state index contributed by atoms with van der Waals surface area (Å²) in [7, 11) is 0. The average Bonchev–Trinajstić information content (AvgIpc) is 2.05. The van der Waals surface area contributed by atoms with Gasteiger partial charge in [-0.15, -0.1) is 0 Å². The van der Waals surface area contributed by atoms with Crippen molar-refractivity contribution in [2.45, 2.75) is 0 Å². The van der Waals surface area contributed by atoms with Gasteiger partial charge < -0.3 is 0 Å². The summed E-state index contributed by atoms with van der Waals surface area (Å²) in [5.74, 6) is 0. The van der Waals surface area contributed by atoms with E-state index in [0.717, 1.165) is 5.52 Å². The van der Waals surface area contributed by atoms with E-state index < -0.39 is 0 Å². The zero-order chi connectivity index (χ0) is 6.81. The Morgan fingerprint density at radius 2 is 2.30 bits per heavy atom. The Kier molecular flexibility index (Phi) is 1.07. The van der Waals surface area contributed by atoms with Gasteiger partial charge in [0.05, 0.1) is 5.52 Å². The van der Waals surface area contributed by atoms with Crippen molar-refractivity contribution >= 4 is 11.0 Å². The van der Waals surface area contributed by atoms with Crippen LogP contribution in [0.5, 0.6) is 0 Å². The van der Waals surface area contributed by atoms with E-state index in [1.807, 2.05) is 12.1 Å². The summed E-state index contributed by atoms with van der Waals surface area (Å²) in [5.41, 5.74) is 1.54. The lowest BCUT2D eigenvalue weighted by Gasteiger charge is -1.89. The second-order valence-electron chi connectivity index (χ2n) is 1.86. The van der Waals surface area contributed by atoms with Crippen molar-refractivity contribution in [1.82, 2.24) is 15.0 Å². The van der Waals surface area contributed by atoms with E-state index in [1.165, 1.54) is 6.33 Å². The molecule has 10 heavy (non-hydrogen) atoms. The van der Waals surface area contributed by atoms with Crippen molar-refractivity contribution in [2.75, 3.05) is 0 Å². The molecule has 0 spiro atoms. The van der Waals surface area contributed by atoms with Gasteiger partial charge in [0.1, 0.15) is 18.0 Å². The van der Waals surface area contributed by atoms with Gasteiger partial charge in [0, 0.05) is 6.20 Å². The van der Waals surface area contributed by atoms with Gasteiger partial charge in [0.15, 0.2) is 0 Å². The Morgan fingerprint density at radius 3 is 3.20 bits per heavy atom. The molecule has 0 unspecified atom stereocenters. The Hall–Kier alpha value is -1.51. The largest absolute Gasteiger partial charge is 0.252 e. The van der Waals surface area contributed by atoms with Crippen molar-refractivity contribution in [3.05, 3.63) is 30.9 Å². The summed E-state index contributed by atoms with van der Waals surface area (Å²) < 4.78 is 0. The number of nitrogens with zero attached hydrogens (tertiary/aromatic N) is 3. The van der Waals surface area contributed by atoms with Gasteiger partial charge in [-0.05, 0) is 12.1 Å². The molecule has 3 nitrogen and oxygen atoms in total. The summed E-state index contributed by atoms with van der Waals surface area (Å²) in [6.45, 7) is 0. The lowest BCUT2D eigenvalue weighted by Crippen LogP contribution is -1.82. The van der Waals surface area contributed by atoms with E-state index in [0.29, 0.717) is 5.52 Å². The minimum absolute atomic E-state index is 0.713. The van der Waals surface area contributed by atoms with Crippen molar-refractivity contribution in [2.24, 2.45) is 0 Å². The molecule has 2 aromatic heterocycles. The van der Waals surface area contributed by atoms with Crippen molar-refractivity contribution in [3.8, 4) is 0 Å². The van der Waals surface area contributed by atoms with Gasteiger partial charge in [0.2, 0.25) is 0 Å². The maximum Gasteiger partial charge on any atom is 0.121 e. The molecule has 1 radical (unpaired) electrons. The predicted octanol–water partition coefficient (Wildman–Crippen LogP) is 0.825. The molecule has 0 aromatic carbocycles. The Morgan fingerprint density at radius 1 is 1.30 bits per heavy atom.